The first-order valence-corrected chi connectivity index (χ1v) is 4.24. The van der Waals surface area contributed by atoms with Crippen molar-refractivity contribution in [1.29, 1.82) is 0 Å². The van der Waals surface area contributed by atoms with Gasteiger partial charge in [-0.3, -0.25) is 4.79 Å². The molecular weight excluding hydrogens is 202 g/mol. The van der Waals surface area contributed by atoms with Gasteiger partial charge in [-0.2, -0.15) is 0 Å². The van der Waals surface area contributed by atoms with E-state index in [0.717, 1.165) is 0 Å². The highest BCUT2D eigenvalue weighted by Crippen LogP contribution is 2.03. The van der Waals surface area contributed by atoms with Crippen LogP contribution in [0.2, 0.25) is 0 Å². The average molecular weight is 212 g/mol. The molecule has 0 aliphatic carbocycles. The molecule has 0 bridgehead atoms. The van der Waals surface area contributed by atoms with Crippen molar-refractivity contribution in [2.45, 2.75) is 6.92 Å². The Morgan fingerprint density at radius 2 is 2.13 bits per heavy atom. The lowest BCUT2D eigenvalue weighted by molar-refractivity contribution is -0.250. The van der Waals surface area contributed by atoms with E-state index in [9.17, 15) is 14.7 Å². The van der Waals surface area contributed by atoms with Gasteiger partial charge in [0.25, 0.3) is 5.91 Å². The van der Waals surface area contributed by atoms with Gasteiger partial charge in [-0.25, -0.2) is 4.98 Å². The van der Waals surface area contributed by atoms with Gasteiger partial charge in [-0.1, -0.05) is 0 Å². The standard InChI is InChI=1S/C8H11N3O4/c1-5-6(11-4-15-5)7(12)9-2-3-10-8(13)14/h4,10H,2-3H2,1H3,(H,9,12)(H,13,14)/p-1. The molecule has 0 unspecified atom stereocenters. The van der Waals surface area contributed by atoms with Crippen LogP contribution in [0.1, 0.15) is 16.2 Å². The lowest BCUT2D eigenvalue weighted by Gasteiger charge is -2.06. The number of nitrogens with zero attached hydrogens (tertiary/aromatic N) is 1. The molecule has 1 aromatic rings. The van der Waals surface area contributed by atoms with Crippen LogP contribution in [0.4, 0.5) is 4.79 Å². The van der Waals surface area contributed by atoms with Gasteiger partial charge in [0.05, 0.1) is 0 Å². The Bertz CT molecular complexity index is 361. The number of nitrogens with one attached hydrogen (secondary N) is 2. The van der Waals surface area contributed by atoms with Crippen LogP contribution in [-0.4, -0.2) is 30.1 Å². The zero-order valence-corrected chi connectivity index (χ0v) is 8.07. The summed E-state index contributed by atoms with van der Waals surface area (Å²) in [5.74, 6) is 0.0155. The number of rotatable bonds is 4. The van der Waals surface area contributed by atoms with Crippen molar-refractivity contribution < 1.29 is 19.1 Å². The summed E-state index contributed by atoms with van der Waals surface area (Å²) < 4.78 is 4.84. The highest BCUT2D eigenvalue weighted by Gasteiger charge is 2.11. The molecule has 82 valence electrons. The molecule has 1 heterocycles. The van der Waals surface area contributed by atoms with Crippen molar-refractivity contribution in [3.8, 4) is 0 Å². The lowest BCUT2D eigenvalue weighted by Crippen LogP contribution is -2.41. The largest absolute Gasteiger partial charge is 0.530 e. The summed E-state index contributed by atoms with van der Waals surface area (Å²) in [6.07, 6.45) is -0.203. The summed E-state index contributed by atoms with van der Waals surface area (Å²) in [6, 6.07) is 0. The lowest BCUT2D eigenvalue weighted by atomic mass is 10.3. The van der Waals surface area contributed by atoms with Gasteiger partial charge >= 0.3 is 0 Å². The van der Waals surface area contributed by atoms with Crippen molar-refractivity contribution in [2.24, 2.45) is 0 Å². The monoisotopic (exact) mass is 212 g/mol. The fraction of sp³-hybridized carbons (Fsp3) is 0.375. The second-order valence-electron chi connectivity index (χ2n) is 2.73. The van der Waals surface area contributed by atoms with Crippen molar-refractivity contribution in [3.05, 3.63) is 17.8 Å². The third-order valence-electron chi connectivity index (χ3n) is 1.64. The minimum atomic E-state index is -1.37. The van der Waals surface area contributed by atoms with E-state index in [1.54, 1.807) is 6.92 Å². The normalized spacial score (nSPS) is 9.67. The maximum atomic E-state index is 11.3. The molecule has 0 saturated heterocycles. The highest BCUT2D eigenvalue weighted by atomic mass is 16.4. The second-order valence-corrected chi connectivity index (χ2v) is 2.73. The van der Waals surface area contributed by atoms with Gasteiger partial charge in [0.15, 0.2) is 12.1 Å². The number of amides is 2. The smallest absolute Gasteiger partial charge is 0.273 e. The minimum absolute atomic E-state index is 0.0883. The third kappa shape index (κ3) is 3.29. The quantitative estimate of drug-likeness (QED) is 0.600. The Kier molecular flexibility index (Phi) is 3.67. The van der Waals surface area contributed by atoms with E-state index in [0.29, 0.717) is 5.76 Å². The maximum Gasteiger partial charge on any atom is 0.273 e. The van der Waals surface area contributed by atoms with E-state index in [-0.39, 0.29) is 18.8 Å². The minimum Gasteiger partial charge on any atom is -0.530 e. The van der Waals surface area contributed by atoms with Gasteiger partial charge in [-0.15, -0.1) is 0 Å². The van der Waals surface area contributed by atoms with Crippen molar-refractivity contribution >= 4 is 12.0 Å². The topological polar surface area (TPSA) is 107 Å². The number of carbonyl (C=O) groups is 2. The molecule has 7 nitrogen and oxygen atoms in total. The van der Waals surface area contributed by atoms with E-state index in [1.165, 1.54) is 6.39 Å². The zero-order valence-electron chi connectivity index (χ0n) is 8.07. The van der Waals surface area contributed by atoms with Crippen LogP contribution in [0, 0.1) is 6.92 Å². The fourth-order valence-corrected chi connectivity index (χ4v) is 0.948. The number of hydrogen-bond donors (Lipinski definition) is 2. The number of carbonyl (C=O) groups excluding carboxylic acids is 2. The van der Waals surface area contributed by atoms with Gasteiger partial charge < -0.3 is 25.0 Å². The molecule has 2 N–H and O–H groups in total. The summed E-state index contributed by atoms with van der Waals surface area (Å²) in [7, 11) is 0. The molecule has 2 amide bonds. The number of carboxylic acid groups (broad SMARTS) is 1. The first-order valence-electron chi connectivity index (χ1n) is 4.24. The number of oxazole rings is 1. The molecule has 0 aliphatic rings. The predicted octanol–water partition coefficient (Wildman–Crippen LogP) is -1.35. The van der Waals surface area contributed by atoms with E-state index in [4.69, 9.17) is 4.42 Å². The summed E-state index contributed by atoms with van der Waals surface area (Å²) in [6.45, 7) is 1.87. The molecule has 1 rings (SSSR count). The highest BCUT2D eigenvalue weighted by molar-refractivity contribution is 5.93. The molecule has 0 saturated carbocycles. The van der Waals surface area contributed by atoms with Crippen LogP contribution in [0.15, 0.2) is 10.8 Å². The predicted molar refractivity (Wildman–Crippen MR) is 47.0 cm³/mol. The molecular formula is C8H10N3O4-. The molecule has 0 radical (unpaired) electrons. The number of aromatic nitrogens is 1. The van der Waals surface area contributed by atoms with E-state index >= 15 is 0 Å². The third-order valence-corrected chi connectivity index (χ3v) is 1.64. The maximum absolute atomic E-state index is 11.3. The Morgan fingerprint density at radius 3 is 2.67 bits per heavy atom. The summed E-state index contributed by atoms with van der Waals surface area (Å²) in [4.78, 5) is 25.0. The molecule has 0 fully saturated rings. The molecule has 15 heavy (non-hydrogen) atoms. The fourth-order valence-electron chi connectivity index (χ4n) is 0.948. The van der Waals surface area contributed by atoms with Crippen LogP contribution in [0.5, 0.6) is 0 Å². The van der Waals surface area contributed by atoms with Crippen molar-refractivity contribution in [2.75, 3.05) is 13.1 Å². The van der Waals surface area contributed by atoms with E-state index < -0.39 is 12.0 Å². The molecule has 0 aromatic carbocycles. The Balaban J connectivity index is 2.31. The van der Waals surface area contributed by atoms with Crippen LogP contribution in [-0.2, 0) is 0 Å². The Morgan fingerprint density at radius 1 is 1.47 bits per heavy atom. The van der Waals surface area contributed by atoms with Crippen molar-refractivity contribution in [1.82, 2.24) is 15.6 Å². The average Bonchev–Trinajstić information content (AvgIpc) is 2.58. The Labute approximate surface area is 85.5 Å². The van der Waals surface area contributed by atoms with Crippen LogP contribution >= 0.6 is 0 Å². The number of hydrogen-bond acceptors (Lipinski definition) is 5. The zero-order chi connectivity index (χ0) is 11.3. The van der Waals surface area contributed by atoms with E-state index in [1.807, 2.05) is 5.32 Å². The van der Waals surface area contributed by atoms with Crippen LogP contribution < -0.4 is 15.7 Å². The van der Waals surface area contributed by atoms with E-state index in [2.05, 4.69) is 10.3 Å². The summed E-state index contributed by atoms with van der Waals surface area (Å²) in [5, 5.41) is 14.4. The Hall–Kier alpha value is -2.05. The molecule has 7 heteroatoms. The SMILES string of the molecule is Cc1ocnc1C(=O)NCCNC(=O)[O-]. The van der Waals surface area contributed by atoms with Gasteiger partial charge in [0.1, 0.15) is 11.9 Å². The van der Waals surface area contributed by atoms with Crippen LogP contribution in [0.3, 0.4) is 0 Å². The summed E-state index contributed by atoms with van der Waals surface area (Å²) >= 11 is 0. The molecule has 0 spiro atoms. The van der Waals surface area contributed by atoms with Gasteiger partial charge in [0, 0.05) is 13.1 Å². The van der Waals surface area contributed by atoms with Gasteiger partial charge in [-0.05, 0) is 6.92 Å². The molecule has 0 aliphatic heterocycles. The first kappa shape index (κ1) is 11.0. The summed E-state index contributed by atoms with van der Waals surface area (Å²) in [5.41, 5.74) is 0.198. The van der Waals surface area contributed by atoms with Crippen molar-refractivity contribution in [3.63, 3.8) is 0 Å². The number of aryl methyl sites for hydroxylation is 1. The first-order chi connectivity index (χ1) is 7.11. The molecule has 1 aromatic heterocycles. The van der Waals surface area contributed by atoms with Crippen LogP contribution in [0.25, 0.3) is 0 Å². The van der Waals surface area contributed by atoms with Gasteiger partial charge in [0.2, 0.25) is 0 Å². The molecule has 0 atom stereocenters. The second kappa shape index (κ2) is 4.99.